The molecule has 0 spiro atoms. The van der Waals surface area contributed by atoms with Crippen LogP contribution in [0.5, 0.6) is 0 Å². The minimum Gasteiger partial charge on any atom is -0.446 e. The Morgan fingerprint density at radius 2 is 2.21 bits per heavy atom. The Balaban J connectivity index is 2.72. The van der Waals surface area contributed by atoms with Crippen molar-refractivity contribution in [3.05, 3.63) is 0 Å². The number of carbonyl (C=O) groups is 1. The molecule has 112 valence electrons. The lowest BCUT2D eigenvalue weighted by atomic mass is 10.2. The van der Waals surface area contributed by atoms with Crippen LogP contribution in [0.2, 0.25) is 0 Å². The van der Waals surface area contributed by atoms with Gasteiger partial charge in [0.15, 0.2) is 0 Å². The van der Waals surface area contributed by atoms with Crippen molar-refractivity contribution >= 4 is 16.3 Å². The van der Waals surface area contributed by atoms with Gasteiger partial charge in [-0.25, -0.2) is 9.52 Å². The van der Waals surface area contributed by atoms with E-state index in [2.05, 4.69) is 0 Å². The molecule has 0 bridgehead atoms. The zero-order valence-electron chi connectivity index (χ0n) is 11.2. The summed E-state index contributed by atoms with van der Waals surface area (Å²) in [4.78, 5) is 11.3. The molecule has 2 atom stereocenters. The van der Waals surface area contributed by atoms with Crippen molar-refractivity contribution in [2.45, 2.75) is 39.0 Å². The summed E-state index contributed by atoms with van der Waals surface area (Å²) in [7, 11) is -4.00. The Hall–Kier alpha value is -0.900. The number of rotatable bonds is 4. The van der Waals surface area contributed by atoms with Crippen LogP contribution in [0, 0.1) is 0 Å². The first kappa shape index (κ1) is 16.2. The summed E-state index contributed by atoms with van der Waals surface area (Å²) < 4.78 is 36.9. The standard InChI is InChI=1S/C10H20N2O6S/c1-7(2)18-10(14)11-19(15,16)12-4-9(5-13)17-6-8(12)3/h7-9,13H,4-6H2,1-3H3,(H,11,14). The normalized spacial score (nSPS) is 25.3. The number of nitrogens with zero attached hydrogens (tertiary/aromatic N) is 1. The largest absolute Gasteiger partial charge is 0.446 e. The van der Waals surface area contributed by atoms with Crippen molar-refractivity contribution in [3.8, 4) is 0 Å². The summed E-state index contributed by atoms with van der Waals surface area (Å²) in [5.41, 5.74) is 0. The van der Waals surface area contributed by atoms with Gasteiger partial charge in [0.05, 0.1) is 25.4 Å². The highest BCUT2D eigenvalue weighted by Gasteiger charge is 2.35. The second-order valence-corrected chi connectivity index (χ2v) is 6.24. The molecule has 1 heterocycles. The van der Waals surface area contributed by atoms with Gasteiger partial charge < -0.3 is 14.6 Å². The molecule has 0 aromatic heterocycles. The van der Waals surface area contributed by atoms with Crippen LogP contribution in [0.15, 0.2) is 0 Å². The smallest absolute Gasteiger partial charge is 0.422 e. The van der Waals surface area contributed by atoms with Crippen LogP contribution >= 0.6 is 0 Å². The predicted octanol–water partition coefficient (Wildman–Crippen LogP) is -0.553. The number of ether oxygens (including phenoxy) is 2. The highest BCUT2D eigenvalue weighted by atomic mass is 32.2. The molecule has 9 heteroatoms. The van der Waals surface area contributed by atoms with Crippen LogP contribution in [-0.2, 0) is 19.7 Å². The third-order valence-electron chi connectivity index (χ3n) is 2.52. The maximum atomic E-state index is 12.0. The van der Waals surface area contributed by atoms with E-state index in [-0.39, 0.29) is 19.8 Å². The van der Waals surface area contributed by atoms with Crippen LogP contribution in [0.4, 0.5) is 4.79 Å². The number of nitrogens with one attached hydrogen (secondary N) is 1. The van der Waals surface area contributed by atoms with E-state index >= 15 is 0 Å². The molecule has 2 N–H and O–H groups in total. The molecule has 19 heavy (non-hydrogen) atoms. The Bertz CT molecular complexity index is 410. The maximum Gasteiger partial charge on any atom is 0.422 e. The number of morpholine rings is 1. The van der Waals surface area contributed by atoms with E-state index in [4.69, 9.17) is 14.6 Å². The third-order valence-corrected chi connectivity index (χ3v) is 4.07. The van der Waals surface area contributed by atoms with E-state index in [0.717, 1.165) is 4.31 Å². The van der Waals surface area contributed by atoms with Crippen molar-refractivity contribution in [3.63, 3.8) is 0 Å². The van der Waals surface area contributed by atoms with Crippen molar-refractivity contribution in [2.24, 2.45) is 0 Å². The average Bonchev–Trinajstić information content (AvgIpc) is 2.27. The fourth-order valence-electron chi connectivity index (χ4n) is 1.64. The molecule has 1 aliphatic rings. The highest BCUT2D eigenvalue weighted by Crippen LogP contribution is 2.15. The minimum absolute atomic E-state index is 0.0119. The third kappa shape index (κ3) is 4.60. The maximum absolute atomic E-state index is 12.0. The van der Waals surface area contributed by atoms with E-state index in [1.165, 1.54) is 0 Å². The summed E-state index contributed by atoms with van der Waals surface area (Å²) in [5, 5.41) is 9.00. The second-order valence-electron chi connectivity index (χ2n) is 4.62. The summed E-state index contributed by atoms with van der Waals surface area (Å²) in [6.07, 6.45) is -2.02. The molecule has 0 aliphatic carbocycles. The molecule has 1 amide bonds. The summed E-state index contributed by atoms with van der Waals surface area (Å²) in [5.74, 6) is 0. The van der Waals surface area contributed by atoms with Crippen molar-refractivity contribution in [1.29, 1.82) is 0 Å². The zero-order valence-corrected chi connectivity index (χ0v) is 12.0. The Morgan fingerprint density at radius 1 is 1.58 bits per heavy atom. The molecule has 8 nitrogen and oxygen atoms in total. The van der Waals surface area contributed by atoms with E-state index in [0.29, 0.717) is 0 Å². The summed E-state index contributed by atoms with van der Waals surface area (Å²) in [6, 6.07) is -0.424. The first-order chi connectivity index (χ1) is 8.76. The molecule has 1 aliphatic heterocycles. The monoisotopic (exact) mass is 296 g/mol. The lowest BCUT2D eigenvalue weighted by molar-refractivity contribution is -0.0519. The molecule has 1 rings (SSSR count). The van der Waals surface area contributed by atoms with Gasteiger partial charge in [-0.3, -0.25) is 0 Å². The molecule has 0 radical (unpaired) electrons. The van der Waals surface area contributed by atoms with Crippen LogP contribution in [0.1, 0.15) is 20.8 Å². The van der Waals surface area contributed by atoms with Gasteiger partial charge >= 0.3 is 16.3 Å². The lowest BCUT2D eigenvalue weighted by Crippen LogP contribution is -2.56. The highest BCUT2D eigenvalue weighted by molar-refractivity contribution is 7.87. The van der Waals surface area contributed by atoms with E-state index in [9.17, 15) is 13.2 Å². The van der Waals surface area contributed by atoms with Gasteiger partial charge in [-0.2, -0.15) is 12.7 Å². The molecule has 0 aromatic rings. The molecule has 1 saturated heterocycles. The van der Waals surface area contributed by atoms with Gasteiger partial charge in [-0.1, -0.05) is 0 Å². The van der Waals surface area contributed by atoms with Gasteiger partial charge in [0.1, 0.15) is 0 Å². The Labute approximate surface area is 112 Å². The van der Waals surface area contributed by atoms with Gasteiger partial charge in [-0.05, 0) is 20.8 Å². The van der Waals surface area contributed by atoms with E-state index < -0.39 is 34.6 Å². The van der Waals surface area contributed by atoms with Crippen LogP contribution in [-0.4, -0.2) is 61.9 Å². The van der Waals surface area contributed by atoms with Gasteiger partial charge in [-0.15, -0.1) is 0 Å². The SMILES string of the molecule is CC(C)OC(=O)NS(=O)(=O)N1CC(CO)OCC1C. The first-order valence-corrected chi connectivity index (χ1v) is 7.43. The summed E-state index contributed by atoms with van der Waals surface area (Å²) in [6.45, 7) is 4.75. The van der Waals surface area contributed by atoms with Crippen LogP contribution in [0.3, 0.4) is 0 Å². The molecule has 0 saturated carbocycles. The van der Waals surface area contributed by atoms with Crippen molar-refractivity contribution in [1.82, 2.24) is 9.03 Å². The van der Waals surface area contributed by atoms with Gasteiger partial charge in [0, 0.05) is 12.6 Å². The lowest BCUT2D eigenvalue weighted by Gasteiger charge is -2.35. The number of aliphatic hydroxyl groups is 1. The predicted molar refractivity (Wildman–Crippen MR) is 66.7 cm³/mol. The number of aliphatic hydroxyl groups excluding tert-OH is 1. The molecule has 0 aromatic carbocycles. The molecular formula is C10H20N2O6S. The Morgan fingerprint density at radius 3 is 2.74 bits per heavy atom. The molecule has 2 unspecified atom stereocenters. The number of carbonyl (C=O) groups excluding carboxylic acids is 1. The number of hydrogen-bond acceptors (Lipinski definition) is 6. The first-order valence-electron chi connectivity index (χ1n) is 5.99. The van der Waals surface area contributed by atoms with Crippen LogP contribution < -0.4 is 4.72 Å². The minimum atomic E-state index is -4.00. The molecular weight excluding hydrogens is 276 g/mol. The fraction of sp³-hybridized carbons (Fsp3) is 0.900. The fourth-order valence-corrected chi connectivity index (χ4v) is 2.91. The zero-order chi connectivity index (χ0) is 14.6. The number of amides is 1. The quantitative estimate of drug-likeness (QED) is 0.721. The Kier molecular flexibility index (Phi) is 5.53. The van der Waals surface area contributed by atoms with Crippen LogP contribution in [0.25, 0.3) is 0 Å². The average molecular weight is 296 g/mol. The summed E-state index contributed by atoms with van der Waals surface area (Å²) >= 11 is 0. The van der Waals surface area contributed by atoms with E-state index in [1.54, 1.807) is 20.8 Å². The van der Waals surface area contributed by atoms with Gasteiger partial charge in [0.25, 0.3) is 0 Å². The topological polar surface area (TPSA) is 105 Å². The second kappa shape index (κ2) is 6.51. The van der Waals surface area contributed by atoms with Crippen molar-refractivity contribution in [2.75, 3.05) is 19.8 Å². The van der Waals surface area contributed by atoms with Crippen molar-refractivity contribution < 1.29 is 27.8 Å². The van der Waals surface area contributed by atoms with E-state index in [1.807, 2.05) is 4.72 Å². The van der Waals surface area contributed by atoms with Gasteiger partial charge in [0.2, 0.25) is 0 Å². The number of hydrogen-bond donors (Lipinski definition) is 2. The molecule has 1 fully saturated rings.